The van der Waals surface area contributed by atoms with Crippen LogP contribution in [0.4, 0.5) is 0 Å². The first-order chi connectivity index (χ1) is 5.75. The SMILES string of the molecule is CCC1C2C(CCCC(C)C)C12. The standard InChI is InChI=1S/C12H22/c1-4-9-11-10(12(9)11)7-5-6-8(2)3/h8-12H,4-7H2,1-3H3. The number of rotatable bonds is 5. The molecule has 70 valence electrons. The van der Waals surface area contributed by atoms with Crippen LogP contribution in [0, 0.1) is 29.6 Å². The van der Waals surface area contributed by atoms with Gasteiger partial charge in [-0.1, -0.05) is 40.0 Å². The summed E-state index contributed by atoms with van der Waals surface area (Å²) in [4.78, 5) is 0. The van der Waals surface area contributed by atoms with Crippen LogP contribution in [0.25, 0.3) is 0 Å². The molecule has 0 aromatic heterocycles. The van der Waals surface area contributed by atoms with Crippen molar-refractivity contribution in [3.8, 4) is 0 Å². The van der Waals surface area contributed by atoms with E-state index in [0.717, 1.165) is 5.92 Å². The Bertz CT molecular complexity index is 149. The van der Waals surface area contributed by atoms with E-state index in [2.05, 4.69) is 20.8 Å². The molecule has 0 aromatic rings. The summed E-state index contributed by atoms with van der Waals surface area (Å²) in [6, 6.07) is 0. The zero-order valence-electron chi connectivity index (χ0n) is 8.72. The smallest absolute Gasteiger partial charge is 0.0318 e. The van der Waals surface area contributed by atoms with Gasteiger partial charge in [-0.3, -0.25) is 0 Å². The lowest BCUT2D eigenvalue weighted by Gasteiger charge is -2.10. The summed E-state index contributed by atoms with van der Waals surface area (Å²) in [5.41, 5.74) is 0. The van der Waals surface area contributed by atoms with Gasteiger partial charge in [0.15, 0.2) is 0 Å². The highest BCUT2D eigenvalue weighted by atomic mass is 14.7. The van der Waals surface area contributed by atoms with Crippen molar-refractivity contribution in [2.45, 2.75) is 46.5 Å². The van der Waals surface area contributed by atoms with E-state index in [1.165, 1.54) is 42.9 Å². The Morgan fingerprint density at radius 3 is 2.25 bits per heavy atom. The van der Waals surface area contributed by atoms with Crippen molar-refractivity contribution in [1.82, 2.24) is 0 Å². The average Bonchev–Trinajstić information content (AvgIpc) is 2.84. The third kappa shape index (κ3) is 1.41. The van der Waals surface area contributed by atoms with Crippen LogP contribution in [0.5, 0.6) is 0 Å². The summed E-state index contributed by atoms with van der Waals surface area (Å²) in [7, 11) is 0. The summed E-state index contributed by atoms with van der Waals surface area (Å²) in [6.07, 6.45) is 5.94. The van der Waals surface area contributed by atoms with E-state index in [9.17, 15) is 0 Å². The molecule has 0 heterocycles. The fraction of sp³-hybridized carbons (Fsp3) is 1.00. The Morgan fingerprint density at radius 1 is 1.08 bits per heavy atom. The minimum absolute atomic E-state index is 0.919. The molecule has 0 aromatic carbocycles. The van der Waals surface area contributed by atoms with E-state index in [1.807, 2.05) is 0 Å². The maximum absolute atomic E-state index is 2.35. The Hall–Kier alpha value is 0. The maximum Gasteiger partial charge on any atom is -0.0318 e. The predicted octanol–water partition coefficient (Wildman–Crippen LogP) is 3.71. The first kappa shape index (κ1) is 8.59. The third-order valence-corrected chi connectivity index (χ3v) is 3.93. The molecule has 2 unspecified atom stereocenters. The van der Waals surface area contributed by atoms with Gasteiger partial charge in [-0.25, -0.2) is 0 Å². The number of hydrogen-bond acceptors (Lipinski definition) is 0. The topological polar surface area (TPSA) is 0 Å². The molecule has 0 N–H and O–H groups in total. The van der Waals surface area contributed by atoms with Crippen LogP contribution < -0.4 is 0 Å². The second-order valence-electron chi connectivity index (χ2n) is 5.22. The second-order valence-corrected chi connectivity index (χ2v) is 5.22. The molecular weight excluding hydrogens is 144 g/mol. The van der Waals surface area contributed by atoms with Gasteiger partial charge < -0.3 is 0 Å². The lowest BCUT2D eigenvalue weighted by molar-refractivity contribution is 0.409. The van der Waals surface area contributed by atoms with Crippen molar-refractivity contribution in [3.05, 3.63) is 0 Å². The van der Waals surface area contributed by atoms with Gasteiger partial charge >= 0.3 is 0 Å². The van der Waals surface area contributed by atoms with Gasteiger partial charge in [0, 0.05) is 0 Å². The van der Waals surface area contributed by atoms with E-state index < -0.39 is 0 Å². The van der Waals surface area contributed by atoms with Crippen molar-refractivity contribution in [3.63, 3.8) is 0 Å². The van der Waals surface area contributed by atoms with E-state index in [-0.39, 0.29) is 0 Å². The number of hydrogen-bond donors (Lipinski definition) is 0. The summed E-state index contributed by atoms with van der Waals surface area (Å²) >= 11 is 0. The molecule has 2 rings (SSSR count). The second kappa shape index (κ2) is 3.05. The normalized spacial score (nSPS) is 43.0. The van der Waals surface area contributed by atoms with Gasteiger partial charge in [0.25, 0.3) is 0 Å². The predicted molar refractivity (Wildman–Crippen MR) is 52.9 cm³/mol. The first-order valence-corrected chi connectivity index (χ1v) is 5.75. The molecule has 0 aliphatic heterocycles. The van der Waals surface area contributed by atoms with Crippen LogP contribution in [-0.2, 0) is 0 Å². The molecule has 0 saturated heterocycles. The van der Waals surface area contributed by atoms with E-state index >= 15 is 0 Å². The molecule has 2 fully saturated rings. The molecule has 0 spiro atoms. The maximum atomic E-state index is 2.35. The minimum Gasteiger partial charge on any atom is -0.0651 e. The first-order valence-electron chi connectivity index (χ1n) is 5.75. The lowest BCUT2D eigenvalue weighted by Crippen LogP contribution is -2.00. The zero-order valence-corrected chi connectivity index (χ0v) is 8.72. The van der Waals surface area contributed by atoms with Crippen LogP contribution in [-0.4, -0.2) is 0 Å². The number of fused-ring (bicyclic) bond motifs is 1. The van der Waals surface area contributed by atoms with Crippen LogP contribution in [0.2, 0.25) is 0 Å². The molecule has 0 nitrogen and oxygen atoms in total. The molecule has 2 aliphatic carbocycles. The lowest BCUT2D eigenvalue weighted by atomic mass is 9.96. The van der Waals surface area contributed by atoms with E-state index in [0.29, 0.717) is 0 Å². The van der Waals surface area contributed by atoms with Gasteiger partial charge in [-0.15, -0.1) is 0 Å². The fourth-order valence-electron chi connectivity index (χ4n) is 3.04. The Balaban J connectivity index is 1.51. The van der Waals surface area contributed by atoms with Gasteiger partial charge in [0.2, 0.25) is 0 Å². The van der Waals surface area contributed by atoms with Gasteiger partial charge in [0.05, 0.1) is 0 Å². The van der Waals surface area contributed by atoms with Crippen molar-refractivity contribution in [2.24, 2.45) is 29.6 Å². The van der Waals surface area contributed by atoms with E-state index in [1.54, 1.807) is 6.42 Å². The zero-order chi connectivity index (χ0) is 8.72. The van der Waals surface area contributed by atoms with Gasteiger partial charge in [-0.2, -0.15) is 0 Å². The Kier molecular flexibility index (Phi) is 2.18. The Labute approximate surface area is 76.7 Å². The highest BCUT2D eigenvalue weighted by molar-refractivity contribution is 5.18. The molecule has 0 radical (unpaired) electrons. The summed E-state index contributed by atoms with van der Waals surface area (Å²) in [6.45, 7) is 7.02. The van der Waals surface area contributed by atoms with Crippen LogP contribution in [0.15, 0.2) is 0 Å². The Morgan fingerprint density at radius 2 is 1.75 bits per heavy atom. The monoisotopic (exact) mass is 166 g/mol. The van der Waals surface area contributed by atoms with Crippen molar-refractivity contribution < 1.29 is 0 Å². The quantitative estimate of drug-likeness (QED) is 0.584. The highest BCUT2D eigenvalue weighted by Gasteiger charge is 2.70. The van der Waals surface area contributed by atoms with Crippen LogP contribution in [0.1, 0.15) is 46.5 Å². The van der Waals surface area contributed by atoms with Gasteiger partial charge in [-0.05, 0) is 36.0 Å². The van der Waals surface area contributed by atoms with Crippen molar-refractivity contribution in [2.75, 3.05) is 0 Å². The summed E-state index contributed by atoms with van der Waals surface area (Å²) < 4.78 is 0. The minimum atomic E-state index is 0.919. The summed E-state index contributed by atoms with van der Waals surface area (Å²) in [5.74, 6) is 5.70. The molecule has 2 aliphatic rings. The molecule has 12 heavy (non-hydrogen) atoms. The molecule has 0 bridgehead atoms. The highest BCUT2D eigenvalue weighted by Crippen LogP contribution is 2.75. The van der Waals surface area contributed by atoms with E-state index in [4.69, 9.17) is 0 Å². The van der Waals surface area contributed by atoms with Crippen LogP contribution in [0.3, 0.4) is 0 Å². The average molecular weight is 166 g/mol. The molecule has 0 amide bonds. The van der Waals surface area contributed by atoms with Crippen molar-refractivity contribution in [1.29, 1.82) is 0 Å². The molecule has 2 saturated carbocycles. The fourth-order valence-corrected chi connectivity index (χ4v) is 3.04. The largest absolute Gasteiger partial charge is 0.0651 e. The van der Waals surface area contributed by atoms with Crippen LogP contribution >= 0.6 is 0 Å². The van der Waals surface area contributed by atoms with Gasteiger partial charge in [0.1, 0.15) is 0 Å². The molecule has 0 heteroatoms. The molecular formula is C12H22. The molecule has 2 atom stereocenters. The summed E-state index contributed by atoms with van der Waals surface area (Å²) in [5, 5.41) is 0. The third-order valence-electron chi connectivity index (χ3n) is 3.93. The van der Waals surface area contributed by atoms with Crippen molar-refractivity contribution >= 4 is 0 Å².